The highest BCUT2D eigenvalue weighted by molar-refractivity contribution is 7.15. The topological polar surface area (TPSA) is 86.2 Å². The molecule has 0 bridgehead atoms. The fourth-order valence-corrected chi connectivity index (χ4v) is 4.54. The molecule has 2 aromatic heterocycles. The second-order valence-corrected chi connectivity index (χ2v) is 10.1. The maximum absolute atomic E-state index is 13.1. The summed E-state index contributed by atoms with van der Waals surface area (Å²) in [6, 6.07) is 6.63. The summed E-state index contributed by atoms with van der Waals surface area (Å²) < 4.78 is 49.8. The lowest BCUT2D eigenvalue weighted by Gasteiger charge is -2.16. The average Bonchev–Trinajstić information content (AvgIpc) is 3.54. The Morgan fingerprint density at radius 2 is 2.03 bits per heavy atom. The summed E-state index contributed by atoms with van der Waals surface area (Å²) in [7, 11) is 0. The van der Waals surface area contributed by atoms with Gasteiger partial charge < -0.3 is 14.8 Å². The fraction of sp³-hybridized carbons (Fsp3) is 0.440. The first-order valence-electron chi connectivity index (χ1n) is 11.6. The zero-order valence-electron chi connectivity index (χ0n) is 20.1. The molecule has 1 aliphatic rings. The van der Waals surface area contributed by atoms with Gasteiger partial charge in [-0.25, -0.2) is 4.98 Å². The van der Waals surface area contributed by atoms with Crippen molar-refractivity contribution in [2.75, 3.05) is 19.8 Å². The van der Waals surface area contributed by atoms with Crippen LogP contribution in [0.15, 0.2) is 36.5 Å². The number of aromatic nitrogens is 3. The number of halogens is 3. The molecule has 11 heteroatoms. The van der Waals surface area contributed by atoms with Gasteiger partial charge in [-0.3, -0.25) is 4.79 Å². The SMILES string of the molecule is CC(C)c1cnc(-c2cc(OC[C@H]3CCOC3)cc(C(=O)NC(C)c3ccc(C(F)(F)F)nn3)c2)s1. The molecule has 4 rings (SSSR count). The van der Waals surface area contributed by atoms with Gasteiger partial charge in [0.15, 0.2) is 5.69 Å². The van der Waals surface area contributed by atoms with E-state index in [0.717, 1.165) is 27.9 Å². The third-order valence-corrected chi connectivity index (χ3v) is 7.13. The molecule has 1 fully saturated rings. The number of hydrogen-bond donors (Lipinski definition) is 1. The monoisotopic (exact) mass is 520 g/mol. The Bertz CT molecular complexity index is 1190. The van der Waals surface area contributed by atoms with Crippen LogP contribution in [-0.2, 0) is 10.9 Å². The highest BCUT2D eigenvalue weighted by Gasteiger charge is 2.33. The zero-order chi connectivity index (χ0) is 25.9. The minimum Gasteiger partial charge on any atom is -0.493 e. The predicted molar refractivity (Wildman–Crippen MR) is 129 cm³/mol. The first-order chi connectivity index (χ1) is 17.1. The van der Waals surface area contributed by atoms with E-state index in [4.69, 9.17) is 9.47 Å². The Morgan fingerprint density at radius 1 is 1.22 bits per heavy atom. The van der Waals surface area contributed by atoms with Crippen molar-refractivity contribution in [2.45, 2.75) is 45.3 Å². The van der Waals surface area contributed by atoms with Gasteiger partial charge in [-0.15, -0.1) is 16.4 Å². The Morgan fingerprint density at radius 3 is 2.64 bits per heavy atom. The summed E-state index contributed by atoms with van der Waals surface area (Å²) >= 11 is 1.55. The van der Waals surface area contributed by atoms with Crippen molar-refractivity contribution in [3.8, 4) is 16.3 Å². The van der Waals surface area contributed by atoms with Crippen molar-refractivity contribution in [2.24, 2.45) is 5.92 Å². The molecule has 0 spiro atoms. The number of ether oxygens (including phenoxy) is 2. The van der Waals surface area contributed by atoms with Crippen LogP contribution in [0.1, 0.15) is 65.8 Å². The molecule has 3 aromatic rings. The Hall–Kier alpha value is -3.05. The number of rotatable bonds is 8. The summed E-state index contributed by atoms with van der Waals surface area (Å²) in [6.45, 7) is 7.63. The summed E-state index contributed by atoms with van der Waals surface area (Å²) in [5.41, 5.74) is 0.222. The number of benzene rings is 1. The van der Waals surface area contributed by atoms with Crippen LogP contribution in [0.2, 0.25) is 0 Å². The molecule has 1 amide bonds. The van der Waals surface area contributed by atoms with Crippen LogP contribution in [0.25, 0.3) is 10.6 Å². The summed E-state index contributed by atoms with van der Waals surface area (Å²) in [5.74, 6) is 0.733. The second kappa shape index (κ2) is 10.9. The quantitative estimate of drug-likeness (QED) is 0.413. The minimum absolute atomic E-state index is 0.215. The number of nitrogens with zero attached hydrogens (tertiary/aromatic N) is 3. The highest BCUT2D eigenvalue weighted by Crippen LogP contribution is 2.33. The van der Waals surface area contributed by atoms with E-state index in [9.17, 15) is 18.0 Å². The zero-order valence-corrected chi connectivity index (χ0v) is 20.9. The molecule has 1 unspecified atom stereocenters. The fourth-order valence-electron chi connectivity index (χ4n) is 3.63. The van der Waals surface area contributed by atoms with Gasteiger partial charge >= 0.3 is 6.18 Å². The molecule has 1 N–H and O–H groups in total. The number of nitrogens with one attached hydrogen (secondary N) is 1. The van der Waals surface area contributed by atoms with E-state index in [1.54, 1.807) is 30.4 Å². The number of alkyl halides is 3. The Labute approximate surface area is 211 Å². The van der Waals surface area contributed by atoms with Gasteiger partial charge in [-0.2, -0.15) is 18.3 Å². The summed E-state index contributed by atoms with van der Waals surface area (Å²) in [5, 5.41) is 10.4. The maximum atomic E-state index is 13.1. The number of carbonyl (C=O) groups excluding carboxylic acids is 1. The average molecular weight is 521 g/mol. The van der Waals surface area contributed by atoms with Gasteiger partial charge in [0.05, 0.1) is 24.9 Å². The molecule has 0 saturated carbocycles. The van der Waals surface area contributed by atoms with Gasteiger partial charge in [-0.1, -0.05) is 13.8 Å². The van der Waals surface area contributed by atoms with E-state index in [1.165, 1.54) is 6.07 Å². The number of amides is 1. The summed E-state index contributed by atoms with van der Waals surface area (Å²) in [4.78, 5) is 18.8. The van der Waals surface area contributed by atoms with E-state index in [-0.39, 0.29) is 11.6 Å². The molecule has 1 aromatic carbocycles. The van der Waals surface area contributed by atoms with E-state index in [2.05, 4.69) is 34.3 Å². The van der Waals surface area contributed by atoms with Crippen LogP contribution >= 0.6 is 11.3 Å². The van der Waals surface area contributed by atoms with Crippen LogP contribution in [0, 0.1) is 5.92 Å². The van der Waals surface area contributed by atoms with Gasteiger partial charge in [0.2, 0.25) is 0 Å². The molecule has 1 aliphatic heterocycles. The van der Waals surface area contributed by atoms with Crippen LogP contribution in [0.5, 0.6) is 5.75 Å². The maximum Gasteiger partial charge on any atom is 0.435 e. The van der Waals surface area contributed by atoms with Crippen molar-refractivity contribution in [3.05, 3.63) is 58.4 Å². The largest absolute Gasteiger partial charge is 0.493 e. The van der Waals surface area contributed by atoms with E-state index < -0.39 is 23.8 Å². The van der Waals surface area contributed by atoms with Crippen LogP contribution < -0.4 is 10.1 Å². The molecular weight excluding hydrogens is 493 g/mol. The number of hydrogen-bond acceptors (Lipinski definition) is 7. The van der Waals surface area contributed by atoms with Crippen molar-refractivity contribution < 1.29 is 27.4 Å². The van der Waals surface area contributed by atoms with Crippen LogP contribution in [-0.4, -0.2) is 40.9 Å². The van der Waals surface area contributed by atoms with Crippen molar-refractivity contribution >= 4 is 17.2 Å². The smallest absolute Gasteiger partial charge is 0.435 e. The van der Waals surface area contributed by atoms with Gasteiger partial charge in [0.25, 0.3) is 5.91 Å². The van der Waals surface area contributed by atoms with Crippen molar-refractivity contribution in [1.29, 1.82) is 0 Å². The van der Waals surface area contributed by atoms with E-state index in [1.807, 2.05) is 12.3 Å². The first-order valence-corrected chi connectivity index (χ1v) is 12.4. The van der Waals surface area contributed by atoms with Crippen LogP contribution in [0.4, 0.5) is 13.2 Å². The molecule has 0 radical (unpaired) electrons. The normalized spacial score (nSPS) is 16.8. The lowest BCUT2D eigenvalue weighted by molar-refractivity contribution is -0.141. The van der Waals surface area contributed by atoms with Crippen molar-refractivity contribution in [3.63, 3.8) is 0 Å². The third-order valence-electron chi connectivity index (χ3n) is 5.78. The van der Waals surface area contributed by atoms with Crippen molar-refractivity contribution in [1.82, 2.24) is 20.5 Å². The number of thiazole rings is 1. The predicted octanol–water partition coefficient (Wildman–Crippen LogP) is 5.65. The van der Waals surface area contributed by atoms with E-state index in [0.29, 0.717) is 37.1 Å². The standard InChI is InChI=1S/C25H27F3N4O3S/c1-14(2)21-11-29-24(36-21)18-8-17(9-19(10-18)35-13-16-6-7-34-12-16)23(33)30-15(3)20-4-5-22(32-31-20)25(26,27)28/h4-5,8-11,14-16H,6-7,12-13H2,1-3H3,(H,30,33)/t15?,16-/m0/s1. The summed E-state index contributed by atoms with van der Waals surface area (Å²) in [6.07, 6.45) is -1.83. The molecule has 7 nitrogen and oxygen atoms in total. The molecular formula is C25H27F3N4O3S. The third kappa shape index (κ3) is 6.38. The van der Waals surface area contributed by atoms with Gasteiger partial charge in [0, 0.05) is 34.7 Å². The Kier molecular flexibility index (Phi) is 7.89. The molecule has 192 valence electrons. The Balaban J connectivity index is 1.55. The number of carbonyl (C=O) groups is 1. The second-order valence-electron chi connectivity index (χ2n) is 9.05. The van der Waals surface area contributed by atoms with Crippen LogP contribution in [0.3, 0.4) is 0 Å². The first kappa shape index (κ1) is 26.0. The highest BCUT2D eigenvalue weighted by atomic mass is 32.1. The molecule has 1 saturated heterocycles. The molecule has 36 heavy (non-hydrogen) atoms. The van der Waals surface area contributed by atoms with E-state index >= 15 is 0 Å². The lowest BCUT2D eigenvalue weighted by atomic mass is 10.1. The van der Waals surface area contributed by atoms with Gasteiger partial charge in [0.1, 0.15) is 10.8 Å². The molecule has 0 aliphatic carbocycles. The molecule has 2 atom stereocenters. The lowest BCUT2D eigenvalue weighted by Crippen LogP contribution is -2.27. The molecule has 3 heterocycles. The minimum atomic E-state index is -4.58. The van der Waals surface area contributed by atoms with Gasteiger partial charge in [-0.05, 0) is 49.6 Å².